The molecule has 0 saturated heterocycles. The van der Waals surface area contributed by atoms with Crippen molar-refractivity contribution in [2.45, 2.75) is 6.04 Å². The molecule has 0 aliphatic carbocycles. The van der Waals surface area contributed by atoms with Crippen molar-refractivity contribution >= 4 is 23.2 Å². The van der Waals surface area contributed by atoms with Gasteiger partial charge in [-0.05, 0) is 48.5 Å². The SMILES string of the molecule is CNC(c1cc(Cl)cc(Cl)c1)c1ccc(OC)c(OC)c1. The van der Waals surface area contributed by atoms with Crippen LogP contribution in [-0.2, 0) is 0 Å². The van der Waals surface area contributed by atoms with Gasteiger partial charge in [0.25, 0.3) is 0 Å². The monoisotopic (exact) mass is 325 g/mol. The molecular formula is C16H17Cl2NO2. The van der Waals surface area contributed by atoms with E-state index in [-0.39, 0.29) is 6.04 Å². The van der Waals surface area contributed by atoms with Crippen molar-refractivity contribution in [3.05, 3.63) is 57.6 Å². The molecule has 1 N–H and O–H groups in total. The smallest absolute Gasteiger partial charge is 0.161 e. The summed E-state index contributed by atoms with van der Waals surface area (Å²) in [7, 11) is 5.12. The molecule has 0 heterocycles. The zero-order valence-corrected chi connectivity index (χ0v) is 13.6. The quantitative estimate of drug-likeness (QED) is 0.888. The number of hydrogen-bond donors (Lipinski definition) is 1. The molecule has 2 aromatic carbocycles. The Balaban J connectivity index is 2.45. The molecule has 0 aliphatic heterocycles. The van der Waals surface area contributed by atoms with Gasteiger partial charge in [0, 0.05) is 10.0 Å². The Labute approximate surface area is 134 Å². The lowest BCUT2D eigenvalue weighted by atomic mass is 9.98. The van der Waals surface area contributed by atoms with Gasteiger partial charge in [-0.1, -0.05) is 29.3 Å². The van der Waals surface area contributed by atoms with Crippen molar-refractivity contribution in [2.75, 3.05) is 21.3 Å². The molecule has 0 aromatic heterocycles. The summed E-state index contributed by atoms with van der Waals surface area (Å²) >= 11 is 12.2. The molecule has 1 atom stereocenters. The number of methoxy groups -OCH3 is 2. The van der Waals surface area contributed by atoms with Gasteiger partial charge < -0.3 is 14.8 Å². The first-order valence-electron chi connectivity index (χ1n) is 6.44. The second kappa shape index (κ2) is 7.03. The van der Waals surface area contributed by atoms with Gasteiger partial charge in [0.1, 0.15) is 0 Å². The second-order valence-electron chi connectivity index (χ2n) is 4.54. The maximum absolute atomic E-state index is 6.09. The first kappa shape index (κ1) is 16.0. The van der Waals surface area contributed by atoms with Crippen LogP contribution in [0.1, 0.15) is 17.2 Å². The lowest BCUT2D eigenvalue weighted by Crippen LogP contribution is -2.17. The zero-order chi connectivity index (χ0) is 15.4. The van der Waals surface area contributed by atoms with Gasteiger partial charge in [0.15, 0.2) is 11.5 Å². The van der Waals surface area contributed by atoms with Gasteiger partial charge >= 0.3 is 0 Å². The van der Waals surface area contributed by atoms with Crippen LogP contribution >= 0.6 is 23.2 Å². The fraction of sp³-hybridized carbons (Fsp3) is 0.250. The number of hydrogen-bond acceptors (Lipinski definition) is 3. The molecule has 0 radical (unpaired) electrons. The molecule has 0 spiro atoms. The summed E-state index contributed by atoms with van der Waals surface area (Å²) in [4.78, 5) is 0. The maximum Gasteiger partial charge on any atom is 0.161 e. The summed E-state index contributed by atoms with van der Waals surface area (Å²) in [6, 6.07) is 11.3. The molecule has 5 heteroatoms. The largest absolute Gasteiger partial charge is 0.493 e. The number of halogens is 2. The summed E-state index contributed by atoms with van der Waals surface area (Å²) in [5, 5.41) is 4.48. The molecule has 0 aliphatic rings. The van der Waals surface area contributed by atoms with Crippen molar-refractivity contribution < 1.29 is 9.47 Å². The van der Waals surface area contributed by atoms with Crippen LogP contribution in [0.5, 0.6) is 11.5 Å². The Morgan fingerprint density at radius 1 is 0.857 bits per heavy atom. The molecule has 3 nitrogen and oxygen atoms in total. The minimum Gasteiger partial charge on any atom is -0.493 e. The Bertz CT molecular complexity index is 611. The highest BCUT2D eigenvalue weighted by atomic mass is 35.5. The third kappa shape index (κ3) is 3.62. The lowest BCUT2D eigenvalue weighted by Gasteiger charge is -2.19. The van der Waals surface area contributed by atoms with Crippen molar-refractivity contribution in [3.63, 3.8) is 0 Å². The topological polar surface area (TPSA) is 30.5 Å². The standard InChI is InChI=1S/C16H17Cl2NO2/c1-19-16(11-6-12(17)9-13(18)7-11)10-4-5-14(20-2)15(8-10)21-3/h4-9,16,19H,1-3H3. The van der Waals surface area contributed by atoms with E-state index in [1.807, 2.05) is 37.4 Å². The molecule has 2 rings (SSSR count). The molecule has 21 heavy (non-hydrogen) atoms. The maximum atomic E-state index is 6.09. The Morgan fingerprint density at radius 3 is 2.00 bits per heavy atom. The molecule has 0 bridgehead atoms. The van der Waals surface area contributed by atoms with Gasteiger partial charge in [-0.15, -0.1) is 0 Å². The van der Waals surface area contributed by atoms with Gasteiger partial charge in [-0.25, -0.2) is 0 Å². The molecule has 0 saturated carbocycles. The molecule has 1 unspecified atom stereocenters. The Morgan fingerprint density at radius 2 is 1.48 bits per heavy atom. The van der Waals surface area contributed by atoms with E-state index in [1.54, 1.807) is 20.3 Å². The van der Waals surface area contributed by atoms with Crippen LogP contribution in [0.25, 0.3) is 0 Å². The second-order valence-corrected chi connectivity index (χ2v) is 5.41. The molecule has 112 valence electrons. The van der Waals surface area contributed by atoms with E-state index in [4.69, 9.17) is 32.7 Å². The first-order valence-corrected chi connectivity index (χ1v) is 7.19. The van der Waals surface area contributed by atoms with Crippen LogP contribution in [0.3, 0.4) is 0 Å². The van der Waals surface area contributed by atoms with Gasteiger partial charge in [0.2, 0.25) is 0 Å². The van der Waals surface area contributed by atoms with Gasteiger partial charge in [-0.3, -0.25) is 0 Å². The highest BCUT2D eigenvalue weighted by Crippen LogP contribution is 2.33. The number of rotatable bonds is 5. The number of nitrogens with one attached hydrogen (secondary N) is 1. The predicted molar refractivity (Wildman–Crippen MR) is 86.9 cm³/mol. The van der Waals surface area contributed by atoms with Crippen molar-refractivity contribution in [3.8, 4) is 11.5 Å². The Hall–Kier alpha value is -1.42. The normalized spacial score (nSPS) is 12.0. The van der Waals surface area contributed by atoms with Crippen LogP contribution in [0.2, 0.25) is 10.0 Å². The highest BCUT2D eigenvalue weighted by molar-refractivity contribution is 6.34. The van der Waals surface area contributed by atoms with E-state index in [0.717, 1.165) is 11.1 Å². The average molecular weight is 326 g/mol. The summed E-state index contributed by atoms with van der Waals surface area (Å²) in [6.07, 6.45) is 0. The van der Waals surface area contributed by atoms with E-state index in [1.165, 1.54) is 0 Å². The lowest BCUT2D eigenvalue weighted by molar-refractivity contribution is 0.354. The molecule has 0 amide bonds. The minimum absolute atomic E-state index is 0.0407. The first-order chi connectivity index (χ1) is 10.1. The number of benzene rings is 2. The van der Waals surface area contributed by atoms with E-state index >= 15 is 0 Å². The third-order valence-corrected chi connectivity index (χ3v) is 3.68. The van der Waals surface area contributed by atoms with Crippen LogP contribution in [0, 0.1) is 0 Å². The molecule has 0 fully saturated rings. The predicted octanol–water partition coefficient (Wildman–Crippen LogP) is 4.32. The third-order valence-electron chi connectivity index (χ3n) is 3.25. The van der Waals surface area contributed by atoms with Crippen molar-refractivity contribution in [1.29, 1.82) is 0 Å². The summed E-state index contributed by atoms with van der Waals surface area (Å²) in [5.74, 6) is 1.38. The van der Waals surface area contributed by atoms with Crippen LogP contribution in [0.15, 0.2) is 36.4 Å². The minimum atomic E-state index is -0.0407. The zero-order valence-electron chi connectivity index (χ0n) is 12.1. The van der Waals surface area contributed by atoms with Gasteiger partial charge in [-0.2, -0.15) is 0 Å². The van der Waals surface area contributed by atoms with E-state index in [0.29, 0.717) is 21.5 Å². The van der Waals surface area contributed by atoms with E-state index in [9.17, 15) is 0 Å². The fourth-order valence-electron chi connectivity index (χ4n) is 2.30. The summed E-state index contributed by atoms with van der Waals surface area (Å²) < 4.78 is 10.6. The van der Waals surface area contributed by atoms with Crippen molar-refractivity contribution in [1.82, 2.24) is 5.32 Å². The van der Waals surface area contributed by atoms with Gasteiger partial charge in [0.05, 0.1) is 20.3 Å². The van der Waals surface area contributed by atoms with E-state index in [2.05, 4.69) is 5.32 Å². The van der Waals surface area contributed by atoms with Crippen LogP contribution in [0.4, 0.5) is 0 Å². The van der Waals surface area contributed by atoms with Crippen LogP contribution < -0.4 is 14.8 Å². The van der Waals surface area contributed by atoms with Crippen LogP contribution in [-0.4, -0.2) is 21.3 Å². The van der Waals surface area contributed by atoms with E-state index < -0.39 is 0 Å². The van der Waals surface area contributed by atoms with Crippen molar-refractivity contribution in [2.24, 2.45) is 0 Å². The highest BCUT2D eigenvalue weighted by Gasteiger charge is 2.16. The summed E-state index contributed by atoms with van der Waals surface area (Å²) in [6.45, 7) is 0. The summed E-state index contributed by atoms with van der Waals surface area (Å²) in [5.41, 5.74) is 2.02. The number of ether oxygens (including phenoxy) is 2. The molecule has 2 aromatic rings. The molecular weight excluding hydrogens is 309 g/mol. The fourth-order valence-corrected chi connectivity index (χ4v) is 2.84. The Kier molecular flexibility index (Phi) is 5.34. The average Bonchev–Trinajstić information content (AvgIpc) is 2.46.